The van der Waals surface area contributed by atoms with Crippen molar-refractivity contribution in [2.75, 3.05) is 6.61 Å². The summed E-state index contributed by atoms with van der Waals surface area (Å²) in [6.45, 7) is 6.91. The summed E-state index contributed by atoms with van der Waals surface area (Å²) in [6.07, 6.45) is 8.60. The lowest BCUT2D eigenvalue weighted by atomic mass is 9.99. The SMILES string of the molecule is CCCCCCCCC(C)C(OCC)(Oc1ccccc1)Oc1ccccc1. The Bertz CT molecular complexity index is 585. The maximum absolute atomic E-state index is 6.36. The van der Waals surface area contributed by atoms with Gasteiger partial charge < -0.3 is 14.2 Å². The molecule has 1 atom stereocenters. The van der Waals surface area contributed by atoms with E-state index < -0.39 is 5.97 Å². The van der Waals surface area contributed by atoms with Gasteiger partial charge in [0.2, 0.25) is 0 Å². The lowest BCUT2D eigenvalue weighted by Gasteiger charge is -2.38. The van der Waals surface area contributed by atoms with Crippen LogP contribution in [0.1, 0.15) is 65.7 Å². The van der Waals surface area contributed by atoms with Crippen LogP contribution in [0.2, 0.25) is 0 Å². The smallest absolute Gasteiger partial charge is 0.374 e. The third kappa shape index (κ3) is 7.20. The van der Waals surface area contributed by atoms with E-state index in [0.717, 1.165) is 24.3 Å². The van der Waals surface area contributed by atoms with Crippen molar-refractivity contribution in [3.63, 3.8) is 0 Å². The summed E-state index contributed by atoms with van der Waals surface area (Å²) in [7, 11) is 0. The van der Waals surface area contributed by atoms with E-state index >= 15 is 0 Å². The summed E-state index contributed by atoms with van der Waals surface area (Å²) in [5.41, 5.74) is 0. The van der Waals surface area contributed by atoms with Crippen LogP contribution in [0.3, 0.4) is 0 Å². The Hall–Kier alpha value is -2.00. The minimum atomic E-state index is -1.14. The van der Waals surface area contributed by atoms with Gasteiger partial charge in [0.1, 0.15) is 11.5 Å². The molecule has 0 N–H and O–H groups in total. The van der Waals surface area contributed by atoms with Crippen LogP contribution in [0.4, 0.5) is 0 Å². The quantitative estimate of drug-likeness (QED) is 0.254. The third-order valence-corrected chi connectivity index (χ3v) is 4.95. The molecule has 0 heterocycles. The van der Waals surface area contributed by atoms with Gasteiger partial charge in [-0.2, -0.15) is 0 Å². The Balaban J connectivity index is 2.12. The highest BCUT2D eigenvalue weighted by Gasteiger charge is 2.42. The molecule has 3 nitrogen and oxygen atoms in total. The van der Waals surface area contributed by atoms with Gasteiger partial charge in [-0.05, 0) is 37.6 Å². The van der Waals surface area contributed by atoms with Gasteiger partial charge in [-0.25, -0.2) is 0 Å². The average molecular weight is 385 g/mol. The fourth-order valence-corrected chi connectivity index (χ4v) is 3.34. The molecule has 0 amide bonds. The van der Waals surface area contributed by atoms with Crippen molar-refractivity contribution in [2.24, 2.45) is 5.92 Å². The van der Waals surface area contributed by atoms with E-state index in [0.29, 0.717) is 6.61 Å². The third-order valence-electron chi connectivity index (χ3n) is 4.95. The molecule has 3 heteroatoms. The molecule has 2 aromatic carbocycles. The Labute approximate surface area is 171 Å². The van der Waals surface area contributed by atoms with Crippen LogP contribution in [0.5, 0.6) is 11.5 Å². The Morgan fingerprint density at radius 3 is 1.71 bits per heavy atom. The van der Waals surface area contributed by atoms with Crippen LogP contribution in [0.15, 0.2) is 60.7 Å². The molecule has 0 radical (unpaired) electrons. The van der Waals surface area contributed by atoms with Gasteiger partial charge in [0, 0.05) is 0 Å². The molecule has 154 valence electrons. The second-order valence-corrected chi connectivity index (χ2v) is 7.32. The number of para-hydroxylation sites is 2. The molecule has 0 spiro atoms. The van der Waals surface area contributed by atoms with Gasteiger partial charge in [0.05, 0.1) is 12.5 Å². The number of unbranched alkanes of at least 4 members (excludes halogenated alkanes) is 5. The number of rotatable bonds is 14. The summed E-state index contributed by atoms with van der Waals surface area (Å²) in [6, 6.07) is 19.6. The minimum absolute atomic E-state index is 0.0824. The van der Waals surface area contributed by atoms with E-state index in [4.69, 9.17) is 14.2 Å². The molecule has 0 aliphatic carbocycles. The molecule has 28 heavy (non-hydrogen) atoms. The first kappa shape index (κ1) is 22.3. The van der Waals surface area contributed by atoms with Crippen LogP contribution >= 0.6 is 0 Å². The topological polar surface area (TPSA) is 27.7 Å². The first-order valence-corrected chi connectivity index (χ1v) is 10.8. The summed E-state index contributed by atoms with van der Waals surface area (Å²) in [5.74, 6) is 0.448. The highest BCUT2D eigenvalue weighted by Crippen LogP contribution is 2.33. The van der Waals surface area contributed by atoms with Crippen LogP contribution in [0.25, 0.3) is 0 Å². The van der Waals surface area contributed by atoms with Gasteiger partial charge in [-0.15, -0.1) is 0 Å². The highest BCUT2D eigenvalue weighted by molar-refractivity contribution is 5.24. The maximum atomic E-state index is 6.36. The van der Waals surface area contributed by atoms with Gasteiger partial charge in [-0.1, -0.05) is 88.8 Å². The van der Waals surface area contributed by atoms with Gasteiger partial charge in [-0.3, -0.25) is 0 Å². The lowest BCUT2D eigenvalue weighted by molar-refractivity contribution is -0.327. The van der Waals surface area contributed by atoms with Crippen molar-refractivity contribution >= 4 is 0 Å². The van der Waals surface area contributed by atoms with Crippen molar-refractivity contribution in [2.45, 2.75) is 71.7 Å². The molecule has 2 rings (SSSR count). The molecule has 0 bridgehead atoms. The molecular weight excluding hydrogens is 348 g/mol. The van der Waals surface area contributed by atoms with E-state index in [2.05, 4.69) is 13.8 Å². The number of ether oxygens (including phenoxy) is 3. The van der Waals surface area contributed by atoms with Crippen molar-refractivity contribution < 1.29 is 14.2 Å². The molecule has 1 unspecified atom stereocenters. The Morgan fingerprint density at radius 2 is 1.21 bits per heavy atom. The van der Waals surface area contributed by atoms with Gasteiger partial charge in [0.25, 0.3) is 0 Å². The zero-order chi connectivity index (χ0) is 20.1. The standard InChI is InChI=1S/C25H36O3/c1-4-6-7-8-9-12-17-22(3)25(26-5-2,27-23-18-13-10-14-19-23)28-24-20-15-11-16-21-24/h10-11,13-16,18-22H,4-9,12,17H2,1-3H3. The van der Waals surface area contributed by atoms with E-state index in [1.54, 1.807) is 0 Å². The summed E-state index contributed by atoms with van der Waals surface area (Å²) < 4.78 is 18.9. The van der Waals surface area contributed by atoms with Gasteiger partial charge in [0.15, 0.2) is 0 Å². The molecule has 0 aliphatic rings. The van der Waals surface area contributed by atoms with Crippen LogP contribution in [0, 0.1) is 5.92 Å². The second-order valence-electron chi connectivity index (χ2n) is 7.32. The van der Waals surface area contributed by atoms with E-state index in [1.165, 1.54) is 32.1 Å². The summed E-state index contributed by atoms with van der Waals surface area (Å²) >= 11 is 0. The normalized spacial score (nSPS) is 12.5. The molecule has 2 aromatic rings. The summed E-state index contributed by atoms with van der Waals surface area (Å²) in [4.78, 5) is 0. The molecular formula is C25H36O3. The first-order chi connectivity index (χ1) is 13.7. The molecule has 0 aliphatic heterocycles. The fraction of sp³-hybridized carbons (Fsp3) is 0.520. The predicted octanol–water partition coefficient (Wildman–Crippen LogP) is 7.22. The fourth-order valence-electron chi connectivity index (χ4n) is 3.34. The Morgan fingerprint density at radius 1 is 0.714 bits per heavy atom. The molecule has 0 fully saturated rings. The van der Waals surface area contributed by atoms with Crippen molar-refractivity contribution in [1.29, 1.82) is 0 Å². The van der Waals surface area contributed by atoms with Crippen LogP contribution in [-0.4, -0.2) is 12.6 Å². The van der Waals surface area contributed by atoms with E-state index in [1.807, 2.05) is 67.6 Å². The molecule has 0 aromatic heterocycles. The largest absolute Gasteiger partial charge is 0.430 e. The molecule has 0 saturated carbocycles. The van der Waals surface area contributed by atoms with E-state index in [9.17, 15) is 0 Å². The van der Waals surface area contributed by atoms with Gasteiger partial charge >= 0.3 is 5.97 Å². The van der Waals surface area contributed by atoms with Crippen molar-refractivity contribution in [3.8, 4) is 11.5 Å². The Kier molecular flexibility index (Phi) is 9.92. The zero-order valence-electron chi connectivity index (χ0n) is 17.7. The van der Waals surface area contributed by atoms with Crippen LogP contribution < -0.4 is 9.47 Å². The zero-order valence-corrected chi connectivity index (χ0v) is 17.7. The highest BCUT2D eigenvalue weighted by atomic mass is 16.9. The maximum Gasteiger partial charge on any atom is 0.374 e. The minimum Gasteiger partial charge on any atom is -0.430 e. The van der Waals surface area contributed by atoms with Crippen molar-refractivity contribution in [3.05, 3.63) is 60.7 Å². The lowest BCUT2D eigenvalue weighted by Crippen LogP contribution is -2.51. The monoisotopic (exact) mass is 384 g/mol. The van der Waals surface area contributed by atoms with Crippen molar-refractivity contribution in [1.82, 2.24) is 0 Å². The number of hydrogen-bond acceptors (Lipinski definition) is 3. The first-order valence-electron chi connectivity index (χ1n) is 10.8. The second kappa shape index (κ2) is 12.5. The van der Waals surface area contributed by atoms with E-state index in [-0.39, 0.29) is 5.92 Å². The number of benzene rings is 2. The van der Waals surface area contributed by atoms with Crippen LogP contribution in [-0.2, 0) is 4.74 Å². The predicted molar refractivity (Wildman–Crippen MR) is 116 cm³/mol. The number of hydrogen-bond donors (Lipinski definition) is 0. The average Bonchev–Trinajstić information content (AvgIpc) is 2.72. The summed E-state index contributed by atoms with van der Waals surface area (Å²) in [5, 5.41) is 0. The molecule has 0 saturated heterocycles.